The van der Waals surface area contributed by atoms with Crippen LogP contribution >= 0.6 is 0 Å². The van der Waals surface area contributed by atoms with Crippen molar-refractivity contribution in [3.05, 3.63) is 53.6 Å². The number of nitrogens with one attached hydrogen (secondary N) is 1. The highest BCUT2D eigenvalue weighted by molar-refractivity contribution is 5.43. The van der Waals surface area contributed by atoms with Gasteiger partial charge in [-0.1, -0.05) is 18.2 Å². The van der Waals surface area contributed by atoms with Gasteiger partial charge in [0.05, 0.1) is 14.2 Å². The highest BCUT2D eigenvalue weighted by Crippen LogP contribution is 2.29. The van der Waals surface area contributed by atoms with Gasteiger partial charge in [0.15, 0.2) is 11.5 Å². The summed E-state index contributed by atoms with van der Waals surface area (Å²) < 4.78 is 10.6. The van der Waals surface area contributed by atoms with Crippen LogP contribution in [-0.4, -0.2) is 19.3 Å². The number of benzene rings is 2. The average molecular weight is 287 g/mol. The monoisotopic (exact) mass is 287 g/mol. The highest BCUT2D eigenvalue weighted by Gasteiger charge is 2.09. The summed E-state index contributed by atoms with van der Waals surface area (Å²) in [7, 11) is 3.26. The zero-order valence-corrected chi connectivity index (χ0v) is 12.6. The molecule has 0 aliphatic rings. The quantitative estimate of drug-likeness (QED) is 0.856. The van der Waals surface area contributed by atoms with Gasteiger partial charge in [-0.3, -0.25) is 0 Å². The molecule has 21 heavy (non-hydrogen) atoms. The predicted molar refractivity (Wildman–Crippen MR) is 82.9 cm³/mol. The normalized spacial score (nSPS) is 12.0. The lowest BCUT2D eigenvalue weighted by molar-refractivity contribution is 0.354. The van der Waals surface area contributed by atoms with E-state index >= 15 is 0 Å². The number of aromatic hydroxyl groups is 1. The molecule has 4 nitrogen and oxygen atoms in total. The van der Waals surface area contributed by atoms with Gasteiger partial charge in [0.25, 0.3) is 0 Å². The van der Waals surface area contributed by atoms with Crippen molar-refractivity contribution >= 4 is 0 Å². The lowest BCUT2D eigenvalue weighted by Gasteiger charge is -2.16. The van der Waals surface area contributed by atoms with Crippen LogP contribution in [0.15, 0.2) is 42.5 Å². The van der Waals surface area contributed by atoms with Crippen LogP contribution in [0, 0.1) is 0 Å². The van der Waals surface area contributed by atoms with Gasteiger partial charge >= 0.3 is 0 Å². The summed E-state index contributed by atoms with van der Waals surface area (Å²) in [5, 5.41) is 12.7. The number of methoxy groups -OCH3 is 2. The Balaban J connectivity index is 2.02. The van der Waals surface area contributed by atoms with Gasteiger partial charge < -0.3 is 19.9 Å². The molecule has 4 heteroatoms. The Morgan fingerprint density at radius 2 is 1.67 bits per heavy atom. The van der Waals surface area contributed by atoms with Gasteiger partial charge in [0.2, 0.25) is 0 Å². The predicted octanol–water partition coefficient (Wildman–Crippen LogP) is 3.26. The third-order valence-corrected chi connectivity index (χ3v) is 3.46. The Hall–Kier alpha value is -2.20. The number of hydrogen-bond donors (Lipinski definition) is 2. The number of phenols is 1. The summed E-state index contributed by atoms with van der Waals surface area (Å²) in [6.07, 6.45) is 0. The molecule has 1 unspecified atom stereocenters. The minimum Gasteiger partial charge on any atom is -0.508 e. The summed E-state index contributed by atoms with van der Waals surface area (Å²) in [4.78, 5) is 0. The Kier molecular flexibility index (Phi) is 5.06. The van der Waals surface area contributed by atoms with Gasteiger partial charge in [-0.15, -0.1) is 0 Å². The smallest absolute Gasteiger partial charge is 0.161 e. The van der Waals surface area contributed by atoms with Crippen molar-refractivity contribution in [3.8, 4) is 17.2 Å². The number of hydrogen-bond acceptors (Lipinski definition) is 4. The number of ether oxygens (including phenoxy) is 2. The first-order valence-electron chi connectivity index (χ1n) is 6.87. The van der Waals surface area contributed by atoms with Gasteiger partial charge in [-0.25, -0.2) is 0 Å². The third-order valence-electron chi connectivity index (χ3n) is 3.46. The molecule has 0 heterocycles. The SMILES string of the molecule is COc1ccc(C(C)NCc2ccc(O)cc2)cc1OC. The Bertz CT molecular complexity index is 581. The molecular weight excluding hydrogens is 266 g/mol. The fraction of sp³-hybridized carbons (Fsp3) is 0.294. The van der Waals surface area contributed by atoms with Crippen molar-refractivity contribution in [2.75, 3.05) is 14.2 Å². The zero-order valence-electron chi connectivity index (χ0n) is 12.6. The average Bonchev–Trinajstić information content (AvgIpc) is 2.53. The van der Waals surface area contributed by atoms with Crippen molar-refractivity contribution in [1.29, 1.82) is 0 Å². The molecule has 2 aromatic carbocycles. The van der Waals surface area contributed by atoms with Crippen LogP contribution in [0.3, 0.4) is 0 Å². The summed E-state index contributed by atoms with van der Waals surface area (Å²) in [6, 6.07) is 13.3. The topological polar surface area (TPSA) is 50.7 Å². The van der Waals surface area contributed by atoms with E-state index in [4.69, 9.17) is 9.47 Å². The van der Waals surface area contributed by atoms with E-state index in [0.717, 1.165) is 29.2 Å². The summed E-state index contributed by atoms with van der Waals surface area (Å²) in [6.45, 7) is 2.83. The van der Waals surface area contributed by atoms with E-state index in [9.17, 15) is 5.11 Å². The molecule has 2 rings (SSSR count). The molecule has 0 saturated heterocycles. The van der Waals surface area contributed by atoms with Crippen molar-refractivity contribution < 1.29 is 14.6 Å². The standard InChI is InChI=1S/C17H21NO3/c1-12(18-11-13-4-7-15(19)8-5-13)14-6-9-16(20-2)17(10-14)21-3/h4-10,12,18-19H,11H2,1-3H3. The minimum absolute atomic E-state index is 0.179. The molecule has 0 fully saturated rings. The molecule has 1 atom stereocenters. The van der Waals surface area contributed by atoms with Crippen LogP contribution in [0.5, 0.6) is 17.2 Å². The maximum absolute atomic E-state index is 9.27. The van der Waals surface area contributed by atoms with E-state index < -0.39 is 0 Å². The molecule has 112 valence electrons. The van der Waals surface area contributed by atoms with Crippen LogP contribution in [0.1, 0.15) is 24.1 Å². The van der Waals surface area contributed by atoms with E-state index in [-0.39, 0.29) is 11.8 Å². The van der Waals surface area contributed by atoms with E-state index in [0.29, 0.717) is 0 Å². The number of phenolic OH excluding ortho intramolecular Hbond substituents is 1. The molecule has 0 spiro atoms. The van der Waals surface area contributed by atoms with Gasteiger partial charge in [-0.05, 0) is 42.3 Å². The molecule has 0 aliphatic carbocycles. The molecule has 2 N–H and O–H groups in total. The van der Waals surface area contributed by atoms with E-state index in [1.54, 1.807) is 26.4 Å². The van der Waals surface area contributed by atoms with Crippen LogP contribution in [-0.2, 0) is 6.54 Å². The Morgan fingerprint density at radius 3 is 2.29 bits per heavy atom. The fourth-order valence-corrected chi connectivity index (χ4v) is 2.12. The van der Waals surface area contributed by atoms with Crippen LogP contribution in [0.25, 0.3) is 0 Å². The summed E-state index contributed by atoms with van der Waals surface area (Å²) in [5.74, 6) is 1.74. The molecular formula is C17H21NO3. The first-order valence-corrected chi connectivity index (χ1v) is 6.87. The van der Waals surface area contributed by atoms with Crippen LogP contribution in [0.2, 0.25) is 0 Å². The van der Waals surface area contributed by atoms with Crippen LogP contribution in [0.4, 0.5) is 0 Å². The van der Waals surface area contributed by atoms with Crippen molar-refractivity contribution in [3.63, 3.8) is 0 Å². The van der Waals surface area contributed by atoms with Crippen LogP contribution < -0.4 is 14.8 Å². The lowest BCUT2D eigenvalue weighted by atomic mass is 10.1. The molecule has 0 aliphatic heterocycles. The largest absolute Gasteiger partial charge is 0.508 e. The minimum atomic E-state index is 0.179. The van der Waals surface area contributed by atoms with Gasteiger partial charge in [0, 0.05) is 12.6 Å². The fourth-order valence-electron chi connectivity index (χ4n) is 2.12. The van der Waals surface area contributed by atoms with E-state index in [2.05, 4.69) is 12.2 Å². The van der Waals surface area contributed by atoms with Crippen molar-refractivity contribution in [2.45, 2.75) is 19.5 Å². The van der Waals surface area contributed by atoms with E-state index in [1.165, 1.54) is 0 Å². The van der Waals surface area contributed by atoms with E-state index in [1.807, 2.05) is 30.3 Å². The maximum Gasteiger partial charge on any atom is 0.161 e. The Labute approximate surface area is 125 Å². The van der Waals surface area contributed by atoms with Crippen molar-refractivity contribution in [2.24, 2.45) is 0 Å². The molecule has 0 bridgehead atoms. The zero-order chi connectivity index (χ0) is 15.2. The van der Waals surface area contributed by atoms with Gasteiger partial charge in [0.1, 0.15) is 5.75 Å². The second-order valence-corrected chi connectivity index (χ2v) is 4.88. The molecule has 0 aromatic heterocycles. The van der Waals surface area contributed by atoms with Crippen molar-refractivity contribution in [1.82, 2.24) is 5.32 Å². The number of rotatable bonds is 6. The summed E-state index contributed by atoms with van der Waals surface area (Å²) >= 11 is 0. The highest BCUT2D eigenvalue weighted by atomic mass is 16.5. The molecule has 0 saturated carbocycles. The molecule has 2 aromatic rings. The summed E-state index contributed by atoms with van der Waals surface area (Å²) in [5.41, 5.74) is 2.26. The molecule has 0 amide bonds. The second-order valence-electron chi connectivity index (χ2n) is 4.88. The first kappa shape index (κ1) is 15.2. The first-order chi connectivity index (χ1) is 10.1. The second kappa shape index (κ2) is 6.99. The molecule has 0 radical (unpaired) electrons. The third kappa shape index (κ3) is 3.89. The Morgan fingerprint density at radius 1 is 1.00 bits per heavy atom. The maximum atomic E-state index is 9.27. The lowest BCUT2D eigenvalue weighted by Crippen LogP contribution is -2.18. The van der Waals surface area contributed by atoms with Gasteiger partial charge in [-0.2, -0.15) is 0 Å².